The normalized spacial score (nSPS) is 12.6. The third-order valence-electron chi connectivity index (χ3n) is 3.07. The van der Waals surface area contributed by atoms with Crippen molar-refractivity contribution in [1.29, 1.82) is 0 Å². The summed E-state index contributed by atoms with van der Waals surface area (Å²) in [5.41, 5.74) is 1.30. The van der Waals surface area contributed by atoms with Crippen molar-refractivity contribution in [3.05, 3.63) is 46.5 Å². The Balaban J connectivity index is 2.06. The Morgan fingerprint density at radius 3 is 2.72 bits per heavy atom. The molecule has 2 aromatic rings. The summed E-state index contributed by atoms with van der Waals surface area (Å²) in [4.78, 5) is 4.27. The fourth-order valence-electron chi connectivity index (χ4n) is 1.93. The number of aryl methyl sites for hydroxylation is 1. The highest BCUT2D eigenvalue weighted by Crippen LogP contribution is 2.18. The van der Waals surface area contributed by atoms with E-state index in [2.05, 4.69) is 49.5 Å². The van der Waals surface area contributed by atoms with Crippen LogP contribution in [0.5, 0.6) is 0 Å². The third kappa shape index (κ3) is 3.17. The topological polar surface area (TPSA) is 42.7 Å². The first-order valence-corrected chi connectivity index (χ1v) is 6.73. The number of aromatic nitrogens is 3. The maximum Gasteiger partial charge on any atom is 0.138 e. The molecule has 1 atom stereocenters. The molecule has 0 bridgehead atoms. The number of halogens is 1. The number of nitrogens with one attached hydrogen (secondary N) is 1. The van der Waals surface area contributed by atoms with Gasteiger partial charge in [0.05, 0.1) is 0 Å². The Morgan fingerprint density at radius 2 is 2.11 bits per heavy atom. The molecule has 1 aromatic heterocycles. The van der Waals surface area contributed by atoms with E-state index in [1.807, 2.05) is 24.8 Å². The number of hydrogen-bond donors (Lipinski definition) is 1. The lowest BCUT2D eigenvalue weighted by atomic mass is 10.0. The molecule has 2 rings (SSSR count). The molecule has 1 N–H and O–H groups in total. The van der Waals surface area contributed by atoms with E-state index in [9.17, 15) is 0 Å². The Labute approximate surface area is 116 Å². The van der Waals surface area contributed by atoms with Crippen LogP contribution in [0.1, 0.15) is 11.4 Å². The summed E-state index contributed by atoms with van der Waals surface area (Å²) >= 11 is 3.59. The second kappa shape index (κ2) is 6.11. The molecule has 0 aliphatic heterocycles. The van der Waals surface area contributed by atoms with Gasteiger partial charge in [-0.05, 0) is 25.1 Å². The van der Waals surface area contributed by atoms with Gasteiger partial charge in [0.1, 0.15) is 12.2 Å². The van der Waals surface area contributed by atoms with Gasteiger partial charge in [-0.1, -0.05) is 34.1 Å². The molecule has 0 saturated carbocycles. The Bertz CT molecular complexity index is 509. The van der Waals surface area contributed by atoms with Gasteiger partial charge in [0.2, 0.25) is 0 Å². The van der Waals surface area contributed by atoms with Gasteiger partial charge in [-0.3, -0.25) is 4.68 Å². The van der Waals surface area contributed by atoms with Crippen molar-refractivity contribution < 1.29 is 0 Å². The molecular formula is C13H17BrN4. The Hall–Kier alpha value is -1.20. The van der Waals surface area contributed by atoms with E-state index < -0.39 is 0 Å². The summed E-state index contributed by atoms with van der Waals surface area (Å²) in [6, 6.07) is 8.67. The summed E-state index contributed by atoms with van der Waals surface area (Å²) < 4.78 is 2.98. The predicted molar refractivity (Wildman–Crippen MR) is 75.4 cm³/mol. The van der Waals surface area contributed by atoms with E-state index in [1.54, 1.807) is 6.33 Å². The van der Waals surface area contributed by atoms with E-state index in [4.69, 9.17) is 0 Å². The predicted octanol–water partition coefficient (Wildman–Crippen LogP) is 1.95. The first kappa shape index (κ1) is 13.2. The highest BCUT2D eigenvalue weighted by molar-refractivity contribution is 9.10. The number of hydrogen-bond acceptors (Lipinski definition) is 3. The quantitative estimate of drug-likeness (QED) is 0.918. The molecule has 96 valence electrons. The molecule has 0 fully saturated rings. The molecule has 4 nitrogen and oxygen atoms in total. The van der Waals surface area contributed by atoms with Crippen LogP contribution in [0.15, 0.2) is 35.1 Å². The van der Waals surface area contributed by atoms with Gasteiger partial charge >= 0.3 is 0 Å². The van der Waals surface area contributed by atoms with E-state index in [1.165, 1.54) is 5.56 Å². The maximum absolute atomic E-state index is 4.27. The molecule has 0 aliphatic carbocycles. The van der Waals surface area contributed by atoms with Gasteiger partial charge in [-0.15, -0.1) is 0 Å². The van der Waals surface area contributed by atoms with Crippen LogP contribution in [0.4, 0.5) is 0 Å². The van der Waals surface area contributed by atoms with E-state index in [0.29, 0.717) is 6.04 Å². The van der Waals surface area contributed by atoms with E-state index in [-0.39, 0.29) is 0 Å². The zero-order chi connectivity index (χ0) is 13.0. The smallest absolute Gasteiger partial charge is 0.138 e. The highest BCUT2D eigenvalue weighted by Gasteiger charge is 2.13. The largest absolute Gasteiger partial charge is 0.316 e. The fraction of sp³-hybridized carbons (Fsp3) is 0.385. The molecule has 0 spiro atoms. The molecule has 1 aromatic carbocycles. The first-order chi connectivity index (χ1) is 8.70. The average molecular weight is 309 g/mol. The van der Waals surface area contributed by atoms with Crippen molar-refractivity contribution in [2.24, 2.45) is 7.05 Å². The number of benzene rings is 1. The molecule has 0 aliphatic rings. The van der Waals surface area contributed by atoms with Crippen LogP contribution in [-0.4, -0.2) is 27.9 Å². The van der Waals surface area contributed by atoms with E-state index >= 15 is 0 Å². The van der Waals surface area contributed by atoms with Gasteiger partial charge in [-0.2, -0.15) is 5.10 Å². The molecule has 18 heavy (non-hydrogen) atoms. The van der Waals surface area contributed by atoms with E-state index in [0.717, 1.165) is 23.1 Å². The van der Waals surface area contributed by atoms with Crippen molar-refractivity contribution in [3.8, 4) is 0 Å². The lowest BCUT2D eigenvalue weighted by molar-refractivity contribution is 0.526. The van der Waals surface area contributed by atoms with Crippen molar-refractivity contribution in [1.82, 2.24) is 20.1 Å². The fourth-order valence-corrected chi connectivity index (χ4v) is 2.38. The van der Waals surface area contributed by atoms with Crippen LogP contribution in [0.2, 0.25) is 0 Å². The minimum absolute atomic E-state index is 0.353. The lowest BCUT2D eigenvalue weighted by Gasteiger charge is -2.16. The van der Waals surface area contributed by atoms with Gasteiger partial charge in [0, 0.05) is 24.0 Å². The zero-order valence-corrected chi connectivity index (χ0v) is 12.2. The zero-order valence-electron chi connectivity index (χ0n) is 10.6. The molecule has 0 amide bonds. The Morgan fingerprint density at radius 1 is 1.33 bits per heavy atom. The van der Waals surface area contributed by atoms with Gasteiger partial charge in [0.25, 0.3) is 0 Å². The summed E-state index contributed by atoms with van der Waals surface area (Å²) in [6.45, 7) is 0. The molecule has 0 saturated heterocycles. The van der Waals surface area contributed by atoms with Crippen molar-refractivity contribution in [2.75, 3.05) is 7.05 Å². The average Bonchev–Trinajstić information content (AvgIpc) is 2.77. The van der Waals surface area contributed by atoms with Crippen LogP contribution in [-0.2, 0) is 19.9 Å². The van der Waals surface area contributed by atoms with Crippen molar-refractivity contribution in [3.63, 3.8) is 0 Å². The first-order valence-electron chi connectivity index (χ1n) is 5.94. The standard InChI is InChI=1S/C13H17BrN4/c1-15-11(8-13-16-9-17-18(13)2)7-10-5-3-4-6-12(10)14/h3-6,9,11,15H,7-8H2,1-2H3. The molecule has 1 unspecified atom stereocenters. The van der Waals surface area contributed by atoms with Gasteiger partial charge in [-0.25, -0.2) is 4.98 Å². The van der Waals surface area contributed by atoms with Gasteiger partial charge in [0.15, 0.2) is 0 Å². The summed E-state index contributed by atoms with van der Waals surface area (Å²) in [5.74, 6) is 1.00. The van der Waals surface area contributed by atoms with Crippen LogP contribution >= 0.6 is 15.9 Å². The number of nitrogens with zero attached hydrogens (tertiary/aromatic N) is 3. The van der Waals surface area contributed by atoms with Crippen LogP contribution in [0.25, 0.3) is 0 Å². The molecule has 1 heterocycles. The Kier molecular flexibility index (Phi) is 4.49. The minimum atomic E-state index is 0.353. The molecule has 0 radical (unpaired) electrons. The lowest BCUT2D eigenvalue weighted by Crippen LogP contribution is -2.31. The second-order valence-corrected chi connectivity index (χ2v) is 5.14. The van der Waals surface area contributed by atoms with Crippen LogP contribution in [0.3, 0.4) is 0 Å². The third-order valence-corrected chi connectivity index (χ3v) is 3.84. The number of likely N-dealkylation sites (N-methyl/N-ethyl adjacent to an activating group) is 1. The monoisotopic (exact) mass is 308 g/mol. The summed E-state index contributed by atoms with van der Waals surface area (Å²) in [5, 5.41) is 7.44. The SMILES string of the molecule is CNC(Cc1ccccc1Br)Cc1ncnn1C. The molecular weight excluding hydrogens is 292 g/mol. The summed E-state index contributed by atoms with van der Waals surface area (Å²) in [6.07, 6.45) is 3.43. The van der Waals surface area contributed by atoms with Crippen molar-refractivity contribution in [2.45, 2.75) is 18.9 Å². The van der Waals surface area contributed by atoms with Gasteiger partial charge < -0.3 is 5.32 Å². The van der Waals surface area contributed by atoms with Crippen LogP contribution in [0, 0.1) is 0 Å². The van der Waals surface area contributed by atoms with Crippen LogP contribution < -0.4 is 5.32 Å². The summed E-state index contributed by atoms with van der Waals surface area (Å²) in [7, 11) is 3.91. The molecule has 5 heteroatoms. The maximum atomic E-state index is 4.27. The number of rotatable bonds is 5. The highest BCUT2D eigenvalue weighted by atomic mass is 79.9. The second-order valence-electron chi connectivity index (χ2n) is 4.29. The van der Waals surface area contributed by atoms with Crippen molar-refractivity contribution >= 4 is 15.9 Å². The minimum Gasteiger partial charge on any atom is -0.316 e.